The van der Waals surface area contributed by atoms with E-state index >= 15 is 0 Å². The Bertz CT molecular complexity index is 843. The number of likely N-dealkylation sites (tertiary alicyclic amines) is 1. The van der Waals surface area contributed by atoms with Gasteiger partial charge in [-0.3, -0.25) is 9.59 Å². The average molecular weight is 410 g/mol. The fourth-order valence-corrected chi connectivity index (χ4v) is 4.81. The second kappa shape index (κ2) is 8.48. The first-order chi connectivity index (χ1) is 13.3. The van der Waals surface area contributed by atoms with Crippen LogP contribution in [0.3, 0.4) is 0 Å². The molecule has 1 aromatic carbocycles. The molecule has 3 rings (SSSR count). The number of sulfonamides is 1. The van der Waals surface area contributed by atoms with Crippen molar-refractivity contribution in [2.24, 2.45) is 5.92 Å². The second-order valence-corrected chi connectivity index (χ2v) is 9.12. The summed E-state index contributed by atoms with van der Waals surface area (Å²) >= 11 is 0. The number of nitrogens with one attached hydrogen (secondary N) is 2. The van der Waals surface area contributed by atoms with Crippen LogP contribution in [0.2, 0.25) is 0 Å². The number of carbonyl (C=O) groups excluding carboxylic acids is 2. The lowest BCUT2D eigenvalue weighted by Crippen LogP contribution is -2.41. The maximum Gasteiger partial charge on any atom is 0.253 e. The van der Waals surface area contributed by atoms with Gasteiger partial charge in [0.2, 0.25) is 15.9 Å². The van der Waals surface area contributed by atoms with Crippen molar-refractivity contribution in [1.29, 1.82) is 0 Å². The predicted octanol–water partition coefficient (Wildman–Crippen LogP) is 1.12. The molecule has 8 nitrogen and oxygen atoms in total. The van der Waals surface area contributed by atoms with Gasteiger partial charge in [-0.1, -0.05) is 0 Å². The Hall–Kier alpha value is -2.13. The molecule has 154 valence electrons. The largest absolute Gasteiger partial charge is 0.495 e. The molecule has 0 unspecified atom stereocenters. The molecule has 2 aliphatic rings. The lowest BCUT2D eigenvalue weighted by Gasteiger charge is -2.32. The highest BCUT2D eigenvalue weighted by Crippen LogP contribution is 2.29. The Morgan fingerprint density at radius 1 is 1.18 bits per heavy atom. The number of rotatable bonds is 7. The van der Waals surface area contributed by atoms with E-state index in [0.717, 1.165) is 25.7 Å². The zero-order chi connectivity index (χ0) is 20.3. The molecule has 0 spiro atoms. The van der Waals surface area contributed by atoms with Crippen LogP contribution >= 0.6 is 0 Å². The van der Waals surface area contributed by atoms with E-state index in [1.165, 1.54) is 26.2 Å². The molecule has 2 amide bonds. The molecule has 0 bridgehead atoms. The SMILES string of the molecule is COc1ccc(C(=O)N2CCC(CNC(C)=O)CC2)cc1S(=O)(=O)NC1CC1. The Morgan fingerprint density at radius 2 is 1.86 bits per heavy atom. The molecule has 2 N–H and O–H groups in total. The molecule has 0 radical (unpaired) electrons. The van der Waals surface area contributed by atoms with Gasteiger partial charge in [0.15, 0.2) is 0 Å². The number of benzene rings is 1. The van der Waals surface area contributed by atoms with Crippen LogP contribution in [-0.4, -0.2) is 57.9 Å². The first-order valence-corrected chi connectivity index (χ1v) is 11.0. The third-order valence-corrected chi connectivity index (χ3v) is 6.68. The molecule has 1 heterocycles. The van der Waals surface area contributed by atoms with Gasteiger partial charge >= 0.3 is 0 Å². The molecule has 1 saturated heterocycles. The van der Waals surface area contributed by atoms with Crippen molar-refractivity contribution in [2.45, 2.75) is 43.5 Å². The van der Waals surface area contributed by atoms with Crippen LogP contribution in [0.25, 0.3) is 0 Å². The van der Waals surface area contributed by atoms with Gasteiger partial charge in [-0.2, -0.15) is 0 Å². The molecule has 0 atom stereocenters. The normalized spacial score (nSPS) is 18.0. The van der Waals surface area contributed by atoms with Crippen molar-refractivity contribution < 1.29 is 22.7 Å². The van der Waals surface area contributed by atoms with Gasteiger partial charge in [0.05, 0.1) is 7.11 Å². The average Bonchev–Trinajstić information content (AvgIpc) is 3.49. The molecule has 0 aromatic heterocycles. The van der Waals surface area contributed by atoms with Crippen LogP contribution in [0.1, 0.15) is 43.0 Å². The Labute approximate surface area is 165 Å². The van der Waals surface area contributed by atoms with E-state index in [9.17, 15) is 18.0 Å². The predicted molar refractivity (Wildman–Crippen MR) is 104 cm³/mol. The van der Waals surface area contributed by atoms with Crippen molar-refractivity contribution in [1.82, 2.24) is 14.9 Å². The summed E-state index contributed by atoms with van der Waals surface area (Å²) in [7, 11) is -2.33. The van der Waals surface area contributed by atoms with Crippen LogP contribution in [0.15, 0.2) is 23.1 Å². The van der Waals surface area contributed by atoms with Crippen molar-refractivity contribution in [2.75, 3.05) is 26.7 Å². The van der Waals surface area contributed by atoms with Gasteiger partial charge in [-0.15, -0.1) is 0 Å². The second-order valence-electron chi connectivity index (χ2n) is 7.43. The first-order valence-electron chi connectivity index (χ1n) is 9.54. The molecular formula is C19H27N3O5S. The standard InChI is InChI=1S/C19H27N3O5S/c1-13(23)20-12-14-7-9-22(10-8-14)19(24)15-3-6-17(27-2)18(11-15)28(25,26)21-16-4-5-16/h3,6,11,14,16,21H,4-5,7-10,12H2,1-2H3,(H,20,23). The Morgan fingerprint density at radius 3 is 2.43 bits per heavy atom. The molecule has 2 fully saturated rings. The van der Waals surface area contributed by atoms with Gasteiger partial charge in [-0.05, 0) is 49.8 Å². The van der Waals surface area contributed by atoms with Crippen LogP contribution in [0.5, 0.6) is 5.75 Å². The van der Waals surface area contributed by atoms with Gasteiger partial charge in [0.25, 0.3) is 5.91 Å². The number of hydrogen-bond donors (Lipinski definition) is 2. The van der Waals surface area contributed by atoms with Gasteiger partial charge in [0.1, 0.15) is 10.6 Å². The maximum absolute atomic E-state index is 12.9. The highest BCUT2D eigenvalue weighted by molar-refractivity contribution is 7.89. The number of amides is 2. The fraction of sp³-hybridized carbons (Fsp3) is 0.579. The van der Waals surface area contributed by atoms with Crippen LogP contribution < -0.4 is 14.8 Å². The number of methoxy groups -OCH3 is 1. The summed E-state index contributed by atoms with van der Waals surface area (Å²) in [5, 5.41) is 2.82. The van der Waals surface area contributed by atoms with Crippen molar-refractivity contribution in [3.05, 3.63) is 23.8 Å². The Balaban J connectivity index is 1.70. The van der Waals surface area contributed by atoms with Crippen LogP contribution in [0.4, 0.5) is 0 Å². The van der Waals surface area contributed by atoms with Gasteiger partial charge < -0.3 is 15.0 Å². The van der Waals surface area contributed by atoms with Gasteiger partial charge in [-0.25, -0.2) is 13.1 Å². The zero-order valence-electron chi connectivity index (χ0n) is 16.2. The highest BCUT2D eigenvalue weighted by Gasteiger charge is 2.31. The van der Waals surface area contributed by atoms with Crippen LogP contribution in [0, 0.1) is 5.92 Å². The molecular weight excluding hydrogens is 382 g/mol. The van der Waals surface area contributed by atoms with E-state index in [2.05, 4.69) is 10.0 Å². The van der Waals surface area contributed by atoms with E-state index in [-0.39, 0.29) is 28.5 Å². The van der Waals surface area contributed by atoms with Crippen molar-refractivity contribution in [3.8, 4) is 5.75 Å². The third-order valence-electron chi connectivity index (χ3n) is 5.14. The van der Waals surface area contributed by atoms with Crippen molar-refractivity contribution >= 4 is 21.8 Å². The number of carbonyl (C=O) groups is 2. The number of ether oxygens (including phenoxy) is 1. The zero-order valence-corrected chi connectivity index (χ0v) is 17.0. The molecule has 1 saturated carbocycles. The summed E-state index contributed by atoms with van der Waals surface area (Å²) in [5.74, 6) is 0.329. The lowest BCUT2D eigenvalue weighted by molar-refractivity contribution is -0.119. The number of piperidine rings is 1. The summed E-state index contributed by atoms with van der Waals surface area (Å²) in [5.41, 5.74) is 0.331. The topological polar surface area (TPSA) is 105 Å². The summed E-state index contributed by atoms with van der Waals surface area (Å²) in [4.78, 5) is 25.7. The summed E-state index contributed by atoms with van der Waals surface area (Å²) in [6.45, 7) is 3.27. The molecule has 1 aliphatic carbocycles. The third kappa shape index (κ3) is 5.02. The van der Waals surface area contributed by atoms with E-state index in [4.69, 9.17) is 4.74 Å². The summed E-state index contributed by atoms with van der Waals surface area (Å²) < 4.78 is 33.1. The smallest absolute Gasteiger partial charge is 0.253 e. The van der Waals surface area contributed by atoms with E-state index < -0.39 is 10.0 Å². The van der Waals surface area contributed by atoms with Gasteiger partial charge in [0, 0.05) is 38.2 Å². The molecule has 1 aromatic rings. The summed E-state index contributed by atoms with van der Waals surface area (Å²) in [6, 6.07) is 4.49. The quantitative estimate of drug-likeness (QED) is 0.702. The fourth-order valence-electron chi connectivity index (χ4n) is 3.31. The minimum atomic E-state index is -3.74. The number of hydrogen-bond acceptors (Lipinski definition) is 5. The summed E-state index contributed by atoms with van der Waals surface area (Å²) in [6.07, 6.45) is 3.26. The van der Waals surface area contributed by atoms with E-state index in [0.29, 0.717) is 31.1 Å². The minimum Gasteiger partial charge on any atom is -0.495 e. The first kappa shape index (κ1) is 20.6. The minimum absolute atomic E-state index is 0.00621. The van der Waals surface area contributed by atoms with E-state index in [1.54, 1.807) is 11.0 Å². The lowest BCUT2D eigenvalue weighted by atomic mass is 9.96. The molecule has 28 heavy (non-hydrogen) atoms. The van der Waals surface area contributed by atoms with E-state index in [1.807, 2.05) is 0 Å². The highest BCUT2D eigenvalue weighted by atomic mass is 32.2. The maximum atomic E-state index is 12.9. The number of nitrogens with zero attached hydrogens (tertiary/aromatic N) is 1. The molecule has 9 heteroatoms. The molecule has 1 aliphatic heterocycles. The monoisotopic (exact) mass is 409 g/mol. The van der Waals surface area contributed by atoms with Crippen LogP contribution in [-0.2, 0) is 14.8 Å². The Kier molecular flexibility index (Phi) is 6.24. The van der Waals surface area contributed by atoms with Crippen molar-refractivity contribution in [3.63, 3.8) is 0 Å².